The average Bonchev–Trinajstić information content (AvgIpc) is 3.26. The number of nitrogens with one attached hydrogen (secondary N) is 2. The standard InChI is InChI=1S/C18H22N8OS3/c1-9(2)5-23-15-11(13(27)21-17(23)29)19-7-25(15)26-8-20-12-14(28)22-18(30)24(16(12)26)6-10(3)4/h7-10H,5-6H2,1-4H3,(H,21,27,29)(H,22,28,30). The van der Waals surface area contributed by atoms with E-state index < -0.39 is 0 Å². The van der Waals surface area contributed by atoms with Crippen LogP contribution in [0.3, 0.4) is 0 Å². The first-order valence-electron chi connectivity index (χ1n) is 9.60. The number of imidazole rings is 2. The number of fused-ring (bicyclic) bond motifs is 2. The van der Waals surface area contributed by atoms with Crippen molar-refractivity contribution in [3.8, 4) is 0 Å². The lowest BCUT2D eigenvalue weighted by Gasteiger charge is -2.17. The molecule has 4 rings (SSSR count). The van der Waals surface area contributed by atoms with Crippen molar-refractivity contribution in [3.05, 3.63) is 37.2 Å². The number of hydrogen-bond acceptors (Lipinski definition) is 6. The van der Waals surface area contributed by atoms with Gasteiger partial charge in [-0.3, -0.25) is 9.78 Å². The summed E-state index contributed by atoms with van der Waals surface area (Å²) in [4.78, 5) is 27.2. The fourth-order valence-electron chi connectivity index (χ4n) is 3.51. The van der Waals surface area contributed by atoms with Crippen molar-refractivity contribution in [2.45, 2.75) is 40.8 Å². The minimum absolute atomic E-state index is 0.307. The summed E-state index contributed by atoms with van der Waals surface area (Å²) < 4.78 is 8.79. The Morgan fingerprint density at radius 1 is 0.833 bits per heavy atom. The Kier molecular flexibility index (Phi) is 5.32. The molecule has 4 aromatic heterocycles. The lowest BCUT2D eigenvalue weighted by Crippen LogP contribution is -2.21. The van der Waals surface area contributed by atoms with Gasteiger partial charge in [-0.05, 0) is 36.3 Å². The number of nitrogens with zero attached hydrogens (tertiary/aromatic N) is 6. The van der Waals surface area contributed by atoms with Gasteiger partial charge in [-0.2, -0.15) is 0 Å². The molecular weight excluding hydrogens is 440 g/mol. The summed E-state index contributed by atoms with van der Waals surface area (Å²) in [6.45, 7) is 9.71. The average molecular weight is 463 g/mol. The van der Waals surface area contributed by atoms with E-state index >= 15 is 0 Å². The van der Waals surface area contributed by atoms with Crippen molar-refractivity contribution < 1.29 is 0 Å². The molecule has 0 aliphatic rings. The molecule has 0 unspecified atom stereocenters. The van der Waals surface area contributed by atoms with E-state index in [0.717, 1.165) is 5.65 Å². The molecule has 9 nitrogen and oxygen atoms in total. The summed E-state index contributed by atoms with van der Waals surface area (Å²) in [7, 11) is 0. The lowest BCUT2D eigenvalue weighted by molar-refractivity contribution is 0.501. The third kappa shape index (κ3) is 3.38. The maximum absolute atomic E-state index is 12.5. The molecule has 0 radical (unpaired) electrons. The van der Waals surface area contributed by atoms with Gasteiger partial charge < -0.3 is 14.1 Å². The largest absolute Gasteiger partial charge is 0.321 e. The van der Waals surface area contributed by atoms with Crippen LogP contribution in [0.2, 0.25) is 0 Å². The molecule has 0 aromatic carbocycles. The summed E-state index contributed by atoms with van der Waals surface area (Å²) >= 11 is 16.5. The van der Waals surface area contributed by atoms with Crippen molar-refractivity contribution in [1.82, 2.24) is 38.4 Å². The molecule has 2 N–H and O–H groups in total. The summed E-state index contributed by atoms with van der Waals surface area (Å²) in [5.41, 5.74) is 1.94. The highest BCUT2D eigenvalue weighted by molar-refractivity contribution is 7.72. The third-order valence-corrected chi connectivity index (χ3v) is 5.59. The summed E-state index contributed by atoms with van der Waals surface area (Å²) in [5, 5.41) is 0. The van der Waals surface area contributed by atoms with Crippen LogP contribution in [-0.4, -0.2) is 38.4 Å². The normalized spacial score (nSPS) is 12.1. The number of H-pyrrole nitrogens is 2. The summed E-state index contributed by atoms with van der Waals surface area (Å²) in [5.74, 6) is 0.660. The van der Waals surface area contributed by atoms with E-state index in [4.69, 9.17) is 36.7 Å². The topological polar surface area (TPSA) is 94.2 Å². The number of aromatic amines is 2. The van der Waals surface area contributed by atoms with Crippen LogP contribution < -0.4 is 5.56 Å². The zero-order valence-electron chi connectivity index (χ0n) is 17.0. The van der Waals surface area contributed by atoms with Crippen LogP contribution in [0.4, 0.5) is 0 Å². The van der Waals surface area contributed by atoms with Gasteiger partial charge in [-0.15, -0.1) is 0 Å². The second-order valence-corrected chi connectivity index (χ2v) is 9.23. The number of rotatable bonds is 5. The molecule has 30 heavy (non-hydrogen) atoms. The molecule has 0 bridgehead atoms. The Morgan fingerprint density at radius 3 is 1.83 bits per heavy atom. The SMILES string of the molecule is CC(C)Cn1c(=S)[nH]c(=O)c2ncn(-n3cnc4c(=S)[nH]c(=S)n(CC(C)C)c43)c21. The van der Waals surface area contributed by atoms with Crippen LogP contribution in [-0.2, 0) is 13.1 Å². The Labute approximate surface area is 187 Å². The van der Waals surface area contributed by atoms with Crippen molar-refractivity contribution in [2.75, 3.05) is 0 Å². The van der Waals surface area contributed by atoms with Crippen molar-refractivity contribution in [1.29, 1.82) is 0 Å². The molecule has 0 aliphatic heterocycles. The molecule has 0 amide bonds. The van der Waals surface area contributed by atoms with Crippen LogP contribution in [0, 0.1) is 26.0 Å². The lowest BCUT2D eigenvalue weighted by atomic mass is 10.2. The Bertz CT molecular complexity index is 1380. The maximum atomic E-state index is 12.5. The van der Waals surface area contributed by atoms with Gasteiger partial charge in [-0.25, -0.2) is 19.3 Å². The number of aromatic nitrogens is 8. The molecule has 4 aromatic rings. The Hall–Kier alpha value is -2.44. The maximum Gasteiger partial charge on any atom is 0.279 e. The van der Waals surface area contributed by atoms with E-state index in [1.54, 1.807) is 17.3 Å². The highest BCUT2D eigenvalue weighted by atomic mass is 32.1. The second kappa shape index (κ2) is 7.67. The molecule has 0 spiro atoms. The summed E-state index contributed by atoms with van der Waals surface area (Å²) in [6, 6.07) is 0. The van der Waals surface area contributed by atoms with E-state index in [1.807, 2.05) is 13.8 Å². The van der Waals surface area contributed by atoms with Crippen molar-refractivity contribution in [3.63, 3.8) is 0 Å². The van der Waals surface area contributed by atoms with Crippen molar-refractivity contribution >= 4 is 59.0 Å². The zero-order valence-corrected chi connectivity index (χ0v) is 19.5. The van der Waals surface area contributed by atoms with Gasteiger partial charge in [-0.1, -0.05) is 39.9 Å². The first-order chi connectivity index (χ1) is 14.2. The van der Waals surface area contributed by atoms with Crippen LogP contribution in [0.1, 0.15) is 27.7 Å². The number of hydrogen-bond donors (Lipinski definition) is 2. The predicted octanol–water partition coefficient (Wildman–Crippen LogP) is 3.82. The molecular formula is C18H22N8OS3. The molecule has 0 fully saturated rings. The smallest absolute Gasteiger partial charge is 0.279 e. The van der Waals surface area contributed by atoms with E-state index in [2.05, 4.69) is 47.6 Å². The minimum atomic E-state index is -0.325. The molecule has 0 aliphatic carbocycles. The van der Waals surface area contributed by atoms with Gasteiger partial charge in [0.05, 0.1) is 0 Å². The highest BCUT2D eigenvalue weighted by Crippen LogP contribution is 2.19. The van der Waals surface area contributed by atoms with Crippen LogP contribution in [0.15, 0.2) is 17.4 Å². The van der Waals surface area contributed by atoms with Gasteiger partial charge in [0.1, 0.15) is 22.8 Å². The van der Waals surface area contributed by atoms with Crippen LogP contribution in [0.5, 0.6) is 0 Å². The fraction of sp³-hybridized carbons (Fsp3) is 0.444. The van der Waals surface area contributed by atoms with Gasteiger partial charge in [0.25, 0.3) is 5.56 Å². The fourth-order valence-corrected chi connectivity index (χ4v) is 4.34. The van der Waals surface area contributed by atoms with E-state index in [-0.39, 0.29) is 5.56 Å². The van der Waals surface area contributed by atoms with Crippen molar-refractivity contribution in [2.24, 2.45) is 11.8 Å². The molecule has 0 atom stereocenters. The molecule has 12 heteroatoms. The Balaban J connectivity index is 2.14. The first-order valence-corrected chi connectivity index (χ1v) is 10.8. The van der Waals surface area contributed by atoms with Gasteiger partial charge in [0, 0.05) is 13.1 Å². The quantitative estimate of drug-likeness (QED) is 0.438. The molecule has 158 valence electrons. The summed E-state index contributed by atoms with van der Waals surface area (Å²) in [6.07, 6.45) is 3.25. The third-order valence-electron chi connectivity index (χ3n) is 4.65. The van der Waals surface area contributed by atoms with Crippen LogP contribution >= 0.6 is 36.7 Å². The van der Waals surface area contributed by atoms with Gasteiger partial charge in [0.2, 0.25) is 0 Å². The van der Waals surface area contributed by atoms with Gasteiger partial charge >= 0.3 is 0 Å². The first kappa shape index (κ1) is 20.8. The predicted molar refractivity (Wildman–Crippen MR) is 123 cm³/mol. The molecule has 4 heterocycles. The molecule has 0 saturated carbocycles. The molecule has 0 saturated heterocycles. The minimum Gasteiger partial charge on any atom is -0.321 e. The monoisotopic (exact) mass is 462 g/mol. The Morgan fingerprint density at radius 2 is 1.30 bits per heavy atom. The van der Waals surface area contributed by atoms with Gasteiger partial charge in [0.15, 0.2) is 26.4 Å². The highest BCUT2D eigenvalue weighted by Gasteiger charge is 2.18. The van der Waals surface area contributed by atoms with Crippen LogP contribution in [0.25, 0.3) is 22.3 Å². The van der Waals surface area contributed by atoms with E-state index in [1.165, 1.54) is 0 Å². The van der Waals surface area contributed by atoms with E-state index in [0.29, 0.717) is 55.8 Å². The zero-order chi connectivity index (χ0) is 21.7. The second-order valence-electron chi connectivity index (χ2n) is 8.05. The van der Waals surface area contributed by atoms with E-state index in [9.17, 15) is 4.79 Å².